The van der Waals surface area contributed by atoms with Crippen LogP contribution in [0.4, 0.5) is 4.39 Å². The quantitative estimate of drug-likeness (QED) is 0.872. The molecule has 1 fully saturated rings. The first-order valence-electron chi connectivity index (χ1n) is 6.72. The summed E-state index contributed by atoms with van der Waals surface area (Å²) in [7, 11) is 1.38. The summed E-state index contributed by atoms with van der Waals surface area (Å²) in [6, 6.07) is 3.23. The maximum absolute atomic E-state index is 14.2. The summed E-state index contributed by atoms with van der Waals surface area (Å²) in [6.07, 6.45) is 5.62. The van der Waals surface area contributed by atoms with Gasteiger partial charge in [-0.2, -0.15) is 0 Å². The lowest BCUT2D eigenvalue weighted by atomic mass is 9.77. The molecule has 0 saturated heterocycles. The van der Waals surface area contributed by atoms with Crippen LogP contribution in [-0.4, -0.2) is 12.2 Å². The highest BCUT2D eigenvalue weighted by molar-refractivity contribution is 5.44. The predicted octanol–water partition coefficient (Wildman–Crippen LogP) is 4.22. The molecule has 3 heteroatoms. The van der Waals surface area contributed by atoms with Crippen LogP contribution in [0, 0.1) is 11.7 Å². The van der Waals surface area contributed by atoms with E-state index in [4.69, 9.17) is 4.74 Å². The van der Waals surface area contributed by atoms with Gasteiger partial charge in [0.15, 0.2) is 17.3 Å². The van der Waals surface area contributed by atoms with Gasteiger partial charge in [0.2, 0.25) is 0 Å². The van der Waals surface area contributed by atoms with Gasteiger partial charge in [0.05, 0.1) is 7.11 Å². The molecule has 100 valence electrons. The second-order valence-electron chi connectivity index (χ2n) is 5.15. The summed E-state index contributed by atoms with van der Waals surface area (Å²) in [6.45, 7) is 2.22. The molecule has 0 unspecified atom stereocenters. The Morgan fingerprint density at radius 2 is 1.94 bits per heavy atom. The maximum Gasteiger partial charge on any atom is 0.196 e. The van der Waals surface area contributed by atoms with Crippen LogP contribution in [0.3, 0.4) is 0 Å². The summed E-state index contributed by atoms with van der Waals surface area (Å²) in [4.78, 5) is 0. The van der Waals surface area contributed by atoms with Gasteiger partial charge in [-0.3, -0.25) is 0 Å². The first kappa shape index (κ1) is 13.2. The number of methoxy groups -OCH3 is 1. The zero-order valence-electron chi connectivity index (χ0n) is 11.1. The molecule has 0 amide bonds. The Labute approximate surface area is 108 Å². The van der Waals surface area contributed by atoms with Crippen LogP contribution in [0.5, 0.6) is 11.5 Å². The molecule has 0 bridgehead atoms. The Balaban J connectivity index is 2.19. The third-order valence-corrected chi connectivity index (χ3v) is 4.17. The van der Waals surface area contributed by atoms with E-state index in [1.54, 1.807) is 6.07 Å². The lowest BCUT2D eigenvalue weighted by Crippen LogP contribution is -2.14. The van der Waals surface area contributed by atoms with E-state index in [0.29, 0.717) is 5.56 Å². The molecule has 0 aliphatic heterocycles. The molecule has 1 saturated carbocycles. The molecule has 1 aromatic rings. The molecule has 0 atom stereocenters. The van der Waals surface area contributed by atoms with E-state index in [2.05, 4.69) is 6.92 Å². The zero-order valence-corrected chi connectivity index (χ0v) is 11.1. The molecule has 1 aliphatic carbocycles. The molecule has 0 radical (unpaired) electrons. The maximum atomic E-state index is 14.2. The van der Waals surface area contributed by atoms with Crippen LogP contribution in [0.1, 0.15) is 50.5 Å². The number of benzene rings is 1. The van der Waals surface area contributed by atoms with E-state index in [0.717, 1.165) is 18.8 Å². The number of ether oxygens (including phenoxy) is 1. The van der Waals surface area contributed by atoms with Crippen molar-refractivity contribution >= 4 is 0 Å². The fourth-order valence-electron chi connectivity index (χ4n) is 2.95. The van der Waals surface area contributed by atoms with Gasteiger partial charge in [0.25, 0.3) is 0 Å². The highest BCUT2D eigenvalue weighted by Crippen LogP contribution is 2.41. The molecule has 1 aromatic carbocycles. The highest BCUT2D eigenvalue weighted by Gasteiger charge is 2.25. The Morgan fingerprint density at radius 1 is 1.28 bits per heavy atom. The minimum atomic E-state index is -0.391. The van der Waals surface area contributed by atoms with Crippen LogP contribution < -0.4 is 4.74 Å². The van der Waals surface area contributed by atoms with Crippen LogP contribution in [0.2, 0.25) is 0 Å². The fraction of sp³-hybridized carbons (Fsp3) is 0.600. The SMILES string of the molecule is CCC1CCC(c2ccc(O)c(OC)c2F)CC1. The van der Waals surface area contributed by atoms with E-state index in [1.807, 2.05) is 0 Å². The second kappa shape index (κ2) is 5.59. The highest BCUT2D eigenvalue weighted by atomic mass is 19.1. The molecule has 18 heavy (non-hydrogen) atoms. The molecular weight excluding hydrogens is 231 g/mol. The summed E-state index contributed by atoms with van der Waals surface area (Å²) in [5.74, 6) is 0.522. The van der Waals surface area contributed by atoms with Crippen molar-refractivity contribution in [1.29, 1.82) is 0 Å². The van der Waals surface area contributed by atoms with E-state index < -0.39 is 5.82 Å². The van der Waals surface area contributed by atoms with Crippen molar-refractivity contribution in [3.63, 3.8) is 0 Å². The van der Waals surface area contributed by atoms with Crippen molar-refractivity contribution in [2.75, 3.05) is 7.11 Å². The number of phenolic OH excluding ortho intramolecular Hbond substituents is 1. The van der Waals surface area contributed by atoms with Crippen molar-refractivity contribution < 1.29 is 14.2 Å². The Hall–Kier alpha value is -1.25. The Bertz CT molecular complexity index is 409. The molecular formula is C15H21FO2. The van der Waals surface area contributed by atoms with Crippen molar-refractivity contribution in [3.05, 3.63) is 23.5 Å². The Kier molecular flexibility index (Phi) is 4.10. The predicted molar refractivity (Wildman–Crippen MR) is 69.6 cm³/mol. The first-order valence-corrected chi connectivity index (χ1v) is 6.72. The number of phenols is 1. The van der Waals surface area contributed by atoms with Gasteiger partial charge >= 0.3 is 0 Å². The third-order valence-electron chi connectivity index (χ3n) is 4.17. The molecule has 0 aromatic heterocycles. The Morgan fingerprint density at radius 3 is 2.50 bits per heavy atom. The molecule has 0 heterocycles. The topological polar surface area (TPSA) is 29.5 Å². The smallest absolute Gasteiger partial charge is 0.196 e. The van der Waals surface area contributed by atoms with Crippen LogP contribution in [0.15, 0.2) is 12.1 Å². The van der Waals surface area contributed by atoms with Gasteiger partial charge in [-0.15, -0.1) is 0 Å². The second-order valence-corrected chi connectivity index (χ2v) is 5.15. The number of hydrogen-bond donors (Lipinski definition) is 1. The lowest BCUT2D eigenvalue weighted by Gasteiger charge is -2.28. The van der Waals surface area contributed by atoms with E-state index in [1.165, 1.54) is 32.4 Å². The number of halogens is 1. The average molecular weight is 252 g/mol. The van der Waals surface area contributed by atoms with E-state index >= 15 is 0 Å². The van der Waals surface area contributed by atoms with Crippen molar-refractivity contribution in [2.45, 2.75) is 44.9 Å². The monoisotopic (exact) mass is 252 g/mol. The summed E-state index contributed by atoms with van der Waals surface area (Å²) >= 11 is 0. The number of aromatic hydroxyl groups is 1. The number of hydrogen-bond acceptors (Lipinski definition) is 2. The van der Waals surface area contributed by atoms with E-state index in [9.17, 15) is 9.50 Å². The van der Waals surface area contributed by atoms with Gasteiger partial charge < -0.3 is 9.84 Å². The van der Waals surface area contributed by atoms with Crippen LogP contribution in [-0.2, 0) is 0 Å². The largest absolute Gasteiger partial charge is 0.504 e. The first-order chi connectivity index (χ1) is 8.67. The molecule has 1 N–H and O–H groups in total. The van der Waals surface area contributed by atoms with Gasteiger partial charge in [-0.05, 0) is 49.1 Å². The minimum Gasteiger partial charge on any atom is -0.504 e. The van der Waals surface area contributed by atoms with Gasteiger partial charge in [0, 0.05) is 0 Å². The third kappa shape index (κ3) is 2.45. The normalized spacial score (nSPS) is 23.9. The summed E-state index contributed by atoms with van der Waals surface area (Å²) < 4.78 is 19.1. The van der Waals surface area contributed by atoms with Crippen molar-refractivity contribution in [2.24, 2.45) is 5.92 Å². The van der Waals surface area contributed by atoms with Gasteiger partial charge in [0.1, 0.15) is 0 Å². The molecule has 0 spiro atoms. The number of rotatable bonds is 3. The summed E-state index contributed by atoms with van der Waals surface area (Å²) in [5.41, 5.74) is 0.694. The van der Waals surface area contributed by atoms with Crippen LogP contribution >= 0.6 is 0 Å². The van der Waals surface area contributed by atoms with Gasteiger partial charge in [-0.1, -0.05) is 19.4 Å². The lowest BCUT2D eigenvalue weighted by molar-refractivity contribution is 0.308. The molecule has 2 nitrogen and oxygen atoms in total. The molecule has 1 aliphatic rings. The van der Waals surface area contributed by atoms with Crippen molar-refractivity contribution in [1.82, 2.24) is 0 Å². The van der Waals surface area contributed by atoms with Crippen LogP contribution in [0.25, 0.3) is 0 Å². The zero-order chi connectivity index (χ0) is 13.1. The minimum absolute atomic E-state index is 0.0230. The van der Waals surface area contributed by atoms with Crippen molar-refractivity contribution in [3.8, 4) is 11.5 Å². The fourth-order valence-corrected chi connectivity index (χ4v) is 2.95. The van der Waals surface area contributed by atoms with E-state index in [-0.39, 0.29) is 17.4 Å². The van der Waals surface area contributed by atoms with Gasteiger partial charge in [-0.25, -0.2) is 4.39 Å². The average Bonchev–Trinajstić information content (AvgIpc) is 2.40. The summed E-state index contributed by atoms with van der Waals surface area (Å²) in [5, 5.41) is 9.53. The molecule has 2 rings (SSSR count). The standard InChI is InChI=1S/C15H21FO2/c1-3-10-4-6-11(7-5-10)12-8-9-13(17)15(18-2)14(12)16/h8-11,17H,3-7H2,1-2H3.